The molecule has 0 saturated carbocycles. The van der Waals surface area contributed by atoms with Crippen molar-refractivity contribution in [1.29, 1.82) is 0 Å². The van der Waals surface area contributed by atoms with Crippen LogP contribution >= 0.6 is 11.8 Å². The molecule has 0 aromatic heterocycles. The molecule has 0 radical (unpaired) electrons. The second kappa shape index (κ2) is 9.71. The average molecular weight is 462 g/mol. The normalized spacial score (nSPS) is 12.7. The van der Waals surface area contributed by atoms with Crippen molar-refractivity contribution in [1.82, 2.24) is 5.32 Å². The fourth-order valence-corrected chi connectivity index (χ4v) is 4.97. The van der Waals surface area contributed by atoms with Crippen molar-refractivity contribution in [2.45, 2.75) is 35.8 Å². The molecule has 0 saturated heterocycles. The van der Waals surface area contributed by atoms with E-state index in [4.69, 9.17) is 4.74 Å². The number of thioether (sulfide) groups is 1. The van der Waals surface area contributed by atoms with Crippen molar-refractivity contribution in [3.05, 3.63) is 89.5 Å². The number of carboxylic acid groups (broad SMARTS) is 1. The number of fused-ring (bicyclic) bond motifs is 3. The Labute approximate surface area is 198 Å². The van der Waals surface area contributed by atoms with Crippen LogP contribution in [0.4, 0.5) is 4.79 Å². The van der Waals surface area contributed by atoms with Crippen LogP contribution in [0.3, 0.4) is 0 Å². The maximum atomic E-state index is 12.3. The highest BCUT2D eigenvalue weighted by atomic mass is 32.2. The fraction of sp³-hybridized carbons (Fsp3) is 0.259. The minimum atomic E-state index is -0.882. The zero-order valence-corrected chi connectivity index (χ0v) is 19.5. The van der Waals surface area contributed by atoms with Crippen LogP contribution in [0.15, 0.2) is 77.7 Å². The van der Waals surface area contributed by atoms with Crippen LogP contribution in [0.2, 0.25) is 0 Å². The number of benzene rings is 3. The standard InChI is InChI=1S/C27H27NO4S/c1-27(2,25(29)30)33-19-13-11-18(12-14-19)15-16-28-26(31)32-17-24-22-9-5-3-7-20(22)21-8-4-6-10-23(21)24/h3-14,24H,15-17H2,1-2H3,(H,28,31)(H,29,30). The number of alkyl carbamates (subject to hydrolysis) is 1. The summed E-state index contributed by atoms with van der Waals surface area (Å²) in [7, 11) is 0. The summed E-state index contributed by atoms with van der Waals surface area (Å²) >= 11 is 1.31. The molecule has 0 atom stereocenters. The molecule has 3 aromatic rings. The van der Waals surface area contributed by atoms with Crippen LogP contribution in [-0.4, -0.2) is 35.1 Å². The Balaban J connectivity index is 1.27. The molecule has 0 heterocycles. The second-order valence-electron chi connectivity index (χ2n) is 8.56. The number of nitrogens with one attached hydrogen (secondary N) is 1. The number of ether oxygens (including phenoxy) is 1. The maximum absolute atomic E-state index is 12.3. The lowest BCUT2D eigenvalue weighted by Crippen LogP contribution is -2.28. The van der Waals surface area contributed by atoms with Gasteiger partial charge in [-0.05, 0) is 60.2 Å². The summed E-state index contributed by atoms with van der Waals surface area (Å²) in [6.07, 6.45) is 0.240. The van der Waals surface area contributed by atoms with E-state index in [-0.39, 0.29) is 5.92 Å². The summed E-state index contributed by atoms with van der Waals surface area (Å²) in [6.45, 7) is 4.13. The Kier molecular flexibility index (Phi) is 6.75. The van der Waals surface area contributed by atoms with E-state index in [9.17, 15) is 14.7 Å². The summed E-state index contributed by atoms with van der Waals surface area (Å²) in [4.78, 5) is 24.5. The molecule has 0 bridgehead atoms. The van der Waals surface area contributed by atoms with E-state index in [0.717, 1.165) is 10.5 Å². The van der Waals surface area contributed by atoms with E-state index in [1.807, 2.05) is 48.5 Å². The molecule has 5 nitrogen and oxygen atoms in total. The zero-order valence-electron chi connectivity index (χ0n) is 18.7. The van der Waals surface area contributed by atoms with Crippen molar-refractivity contribution in [2.75, 3.05) is 13.2 Å². The molecule has 0 aliphatic heterocycles. The number of carbonyl (C=O) groups excluding carboxylic acids is 1. The number of carbonyl (C=O) groups is 2. The lowest BCUT2D eigenvalue weighted by atomic mass is 9.98. The smallest absolute Gasteiger partial charge is 0.407 e. The molecule has 170 valence electrons. The second-order valence-corrected chi connectivity index (χ2v) is 10.3. The lowest BCUT2D eigenvalue weighted by molar-refractivity contribution is -0.138. The van der Waals surface area contributed by atoms with E-state index >= 15 is 0 Å². The number of aliphatic carboxylic acids is 1. The molecule has 0 fully saturated rings. The molecular formula is C27H27NO4S. The molecule has 1 amide bonds. The maximum Gasteiger partial charge on any atom is 0.407 e. The van der Waals surface area contributed by atoms with Crippen LogP contribution in [0, 0.1) is 0 Å². The first kappa shape index (κ1) is 22.9. The molecule has 1 aliphatic rings. The van der Waals surface area contributed by atoms with Gasteiger partial charge in [-0.3, -0.25) is 4.79 Å². The van der Waals surface area contributed by atoms with Gasteiger partial charge in [0.15, 0.2) is 0 Å². The predicted molar refractivity (Wildman–Crippen MR) is 131 cm³/mol. The lowest BCUT2D eigenvalue weighted by Gasteiger charge is -2.18. The molecule has 0 unspecified atom stereocenters. The van der Waals surface area contributed by atoms with Crippen LogP contribution in [-0.2, 0) is 16.0 Å². The fourth-order valence-electron chi connectivity index (χ4n) is 4.02. The number of hydrogen-bond acceptors (Lipinski definition) is 4. The molecule has 33 heavy (non-hydrogen) atoms. The van der Waals surface area contributed by atoms with E-state index in [2.05, 4.69) is 29.6 Å². The van der Waals surface area contributed by atoms with Crippen molar-refractivity contribution < 1.29 is 19.4 Å². The number of carboxylic acids is 1. The van der Waals surface area contributed by atoms with E-state index in [1.54, 1.807) is 13.8 Å². The summed E-state index contributed by atoms with van der Waals surface area (Å²) < 4.78 is 4.68. The van der Waals surface area contributed by atoms with Crippen LogP contribution in [0.1, 0.15) is 36.5 Å². The molecule has 6 heteroatoms. The highest BCUT2D eigenvalue weighted by Crippen LogP contribution is 2.44. The van der Waals surface area contributed by atoms with Gasteiger partial charge in [-0.15, -0.1) is 11.8 Å². The third-order valence-electron chi connectivity index (χ3n) is 5.84. The molecule has 0 spiro atoms. The Hall–Kier alpha value is -3.25. The van der Waals surface area contributed by atoms with Crippen molar-refractivity contribution in [3.63, 3.8) is 0 Å². The van der Waals surface area contributed by atoms with Crippen LogP contribution < -0.4 is 5.32 Å². The van der Waals surface area contributed by atoms with Gasteiger partial charge in [-0.2, -0.15) is 0 Å². The highest BCUT2D eigenvalue weighted by molar-refractivity contribution is 8.01. The first-order valence-corrected chi connectivity index (χ1v) is 11.8. The first-order valence-electron chi connectivity index (χ1n) is 11.0. The average Bonchev–Trinajstić information content (AvgIpc) is 3.12. The van der Waals surface area contributed by atoms with Gasteiger partial charge >= 0.3 is 12.1 Å². The SMILES string of the molecule is CC(C)(Sc1ccc(CCNC(=O)OCC2c3ccccc3-c3ccccc32)cc1)C(=O)O. The monoisotopic (exact) mass is 461 g/mol. The Morgan fingerprint density at radius 1 is 0.939 bits per heavy atom. The third-order valence-corrected chi connectivity index (χ3v) is 7.03. The van der Waals surface area contributed by atoms with E-state index < -0.39 is 16.8 Å². The summed E-state index contributed by atoms with van der Waals surface area (Å²) in [6, 6.07) is 24.3. The Morgan fingerprint density at radius 3 is 2.09 bits per heavy atom. The molecule has 1 aliphatic carbocycles. The van der Waals surface area contributed by atoms with Crippen molar-refractivity contribution in [3.8, 4) is 11.1 Å². The molecule has 2 N–H and O–H groups in total. The van der Waals surface area contributed by atoms with Gasteiger partial charge in [0.25, 0.3) is 0 Å². The topological polar surface area (TPSA) is 75.6 Å². The van der Waals surface area contributed by atoms with Gasteiger partial charge in [0.1, 0.15) is 11.4 Å². The molecule has 3 aromatic carbocycles. The van der Waals surface area contributed by atoms with Gasteiger partial charge in [0.2, 0.25) is 0 Å². The predicted octanol–water partition coefficient (Wildman–Crippen LogP) is 5.72. The number of hydrogen-bond donors (Lipinski definition) is 2. The van der Waals surface area contributed by atoms with Crippen molar-refractivity contribution in [2.24, 2.45) is 0 Å². The number of rotatable bonds is 8. The quantitative estimate of drug-likeness (QED) is 0.420. The van der Waals surface area contributed by atoms with Crippen LogP contribution in [0.5, 0.6) is 0 Å². The van der Waals surface area contributed by atoms with Gasteiger partial charge < -0.3 is 15.2 Å². The minimum Gasteiger partial charge on any atom is -0.480 e. The zero-order chi connectivity index (χ0) is 23.4. The molecule has 4 rings (SSSR count). The van der Waals surface area contributed by atoms with Gasteiger partial charge in [-0.1, -0.05) is 60.7 Å². The van der Waals surface area contributed by atoms with Crippen LogP contribution in [0.25, 0.3) is 11.1 Å². The minimum absolute atomic E-state index is 0.0447. The Bertz CT molecular complexity index is 1110. The summed E-state index contributed by atoms with van der Waals surface area (Å²) in [5, 5.41) is 12.1. The third kappa shape index (κ3) is 5.22. The number of amides is 1. The molecular weight excluding hydrogens is 434 g/mol. The largest absolute Gasteiger partial charge is 0.480 e. The van der Waals surface area contributed by atoms with E-state index in [1.165, 1.54) is 34.0 Å². The summed E-state index contributed by atoms with van der Waals surface area (Å²) in [5.41, 5.74) is 5.85. The highest BCUT2D eigenvalue weighted by Gasteiger charge is 2.29. The van der Waals surface area contributed by atoms with Gasteiger partial charge in [-0.25, -0.2) is 4.79 Å². The Morgan fingerprint density at radius 2 is 1.52 bits per heavy atom. The van der Waals surface area contributed by atoms with E-state index in [0.29, 0.717) is 19.6 Å². The van der Waals surface area contributed by atoms with Gasteiger partial charge in [0.05, 0.1) is 0 Å². The summed E-state index contributed by atoms with van der Waals surface area (Å²) in [5.74, 6) is -0.799. The van der Waals surface area contributed by atoms with Gasteiger partial charge in [0, 0.05) is 17.4 Å². The first-order chi connectivity index (χ1) is 15.8. The van der Waals surface area contributed by atoms with Crippen molar-refractivity contribution >= 4 is 23.8 Å².